The summed E-state index contributed by atoms with van der Waals surface area (Å²) in [4.78, 5) is 11.3. The molecule has 1 rings (SSSR count). The van der Waals surface area contributed by atoms with E-state index in [-0.39, 0.29) is 5.56 Å². The number of carboxylic acids is 1. The second-order valence-corrected chi connectivity index (χ2v) is 4.32. The Balaban J connectivity index is 2.48. The van der Waals surface area contributed by atoms with Crippen molar-refractivity contribution >= 4 is 11.8 Å². The maximum atomic E-state index is 11.3. The van der Waals surface area contributed by atoms with Gasteiger partial charge in [-0.25, -0.2) is 4.79 Å². The van der Waals surface area contributed by atoms with Crippen molar-refractivity contribution in [2.24, 2.45) is 0 Å². The molecule has 112 valence electrons. The molecule has 7 heteroatoms. The minimum absolute atomic E-state index is 0.179. The fourth-order valence-electron chi connectivity index (χ4n) is 1.62. The lowest BCUT2D eigenvalue weighted by Gasteiger charge is -2.11. The predicted octanol–water partition coefficient (Wildman–Crippen LogP) is 1.26. The number of hydrogen-bond acceptors (Lipinski definition) is 6. The first kappa shape index (κ1) is 16.3. The summed E-state index contributed by atoms with van der Waals surface area (Å²) in [5, 5.41) is 20.1. The molecule has 0 aliphatic carbocycles. The van der Waals surface area contributed by atoms with Gasteiger partial charge in [-0.3, -0.25) is 0 Å². The van der Waals surface area contributed by atoms with Crippen LogP contribution in [0.25, 0.3) is 0 Å². The SMILES string of the molecule is COCCOCCCNc1nnc(C)c(C)c1C(=O)O. The molecule has 2 N–H and O–H groups in total. The molecule has 0 spiro atoms. The molecule has 0 aliphatic rings. The molecular formula is C13H21N3O4. The third-order valence-electron chi connectivity index (χ3n) is 2.86. The minimum atomic E-state index is -1.00. The van der Waals surface area contributed by atoms with Crippen LogP contribution in [-0.2, 0) is 9.47 Å². The summed E-state index contributed by atoms with van der Waals surface area (Å²) in [6.45, 7) is 5.75. The molecule has 0 fully saturated rings. The van der Waals surface area contributed by atoms with E-state index in [9.17, 15) is 9.90 Å². The van der Waals surface area contributed by atoms with Gasteiger partial charge in [0.2, 0.25) is 0 Å². The highest BCUT2D eigenvalue weighted by atomic mass is 16.5. The van der Waals surface area contributed by atoms with Gasteiger partial charge in [0, 0.05) is 20.3 Å². The van der Waals surface area contributed by atoms with Crippen LogP contribution in [0.4, 0.5) is 5.82 Å². The minimum Gasteiger partial charge on any atom is -0.478 e. The zero-order valence-corrected chi connectivity index (χ0v) is 12.1. The van der Waals surface area contributed by atoms with Gasteiger partial charge in [0.1, 0.15) is 5.56 Å². The molecule has 20 heavy (non-hydrogen) atoms. The number of aromatic carboxylic acids is 1. The maximum Gasteiger partial charge on any atom is 0.339 e. The van der Waals surface area contributed by atoms with Crippen molar-refractivity contribution in [3.8, 4) is 0 Å². The first-order valence-corrected chi connectivity index (χ1v) is 6.45. The van der Waals surface area contributed by atoms with Gasteiger partial charge in [-0.1, -0.05) is 0 Å². The van der Waals surface area contributed by atoms with Crippen LogP contribution in [0, 0.1) is 13.8 Å². The number of anilines is 1. The van der Waals surface area contributed by atoms with Gasteiger partial charge < -0.3 is 19.9 Å². The number of carboxylic acid groups (broad SMARTS) is 1. The number of nitrogens with zero attached hydrogens (tertiary/aromatic N) is 2. The molecule has 0 unspecified atom stereocenters. The van der Waals surface area contributed by atoms with E-state index in [1.165, 1.54) is 0 Å². The summed E-state index contributed by atoms with van der Waals surface area (Å²) in [7, 11) is 1.62. The second-order valence-electron chi connectivity index (χ2n) is 4.32. The number of hydrogen-bond donors (Lipinski definition) is 2. The van der Waals surface area contributed by atoms with E-state index in [1.807, 2.05) is 0 Å². The number of methoxy groups -OCH3 is 1. The third-order valence-corrected chi connectivity index (χ3v) is 2.86. The molecule has 0 amide bonds. The fraction of sp³-hybridized carbons (Fsp3) is 0.615. The average Bonchev–Trinajstić information content (AvgIpc) is 2.41. The lowest BCUT2D eigenvalue weighted by atomic mass is 10.1. The van der Waals surface area contributed by atoms with Gasteiger partial charge in [-0.15, -0.1) is 5.10 Å². The van der Waals surface area contributed by atoms with Crippen molar-refractivity contribution in [3.05, 3.63) is 16.8 Å². The van der Waals surface area contributed by atoms with Gasteiger partial charge in [0.25, 0.3) is 0 Å². The molecule has 1 heterocycles. The average molecular weight is 283 g/mol. The summed E-state index contributed by atoms with van der Waals surface area (Å²) in [5.41, 5.74) is 1.43. The first-order chi connectivity index (χ1) is 9.57. The normalized spacial score (nSPS) is 10.6. The van der Waals surface area contributed by atoms with Crippen molar-refractivity contribution in [1.82, 2.24) is 10.2 Å². The summed E-state index contributed by atoms with van der Waals surface area (Å²) >= 11 is 0. The van der Waals surface area contributed by atoms with Crippen LogP contribution in [-0.4, -0.2) is 54.7 Å². The van der Waals surface area contributed by atoms with Crippen LogP contribution in [0.15, 0.2) is 0 Å². The Bertz CT molecular complexity index is 451. The quantitative estimate of drug-likeness (QED) is 0.659. The predicted molar refractivity (Wildman–Crippen MR) is 74.3 cm³/mol. The number of rotatable bonds is 9. The van der Waals surface area contributed by atoms with E-state index in [1.54, 1.807) is 21.0 Å². The van der Waals surface area contributed by atoms with Crippen LogP contribution in [0.1, 0.15) is 28.0 Å². The summed E-state index contributed by atoms with van der Waals surface area (Å²) in [5.74, 6) is -0.697. The van der Waals surface area contributed by atoms with Crippen LogP contribution >= 0.6 is 0 Å². The van der Waals surface area contributed by atoms with Gasteiger partial charge in [-0.05, 0) is 25.8 Å². The molecule has 0 atom stereocenters. The van der Waals surface area contributed by atoms with E-state index >= 15 is 0 Å². The summed E-state index contributed by atoms with van der Waals surface area (Å²) < 4.78 is 10.2. The monoisotopic (exact) mass is 283 g/mol. The highest BCUT2D eigenvalue weighted by molar-refractivity contribution is 5.94. The largest absolute Gasteiger partial charge is 0.478 e. The Morgan fingerprint density at radius 3 is 2.65 bits per heavy atom. The highest BCUT2D eigenvalue weighted by Gasteiger charge is 2.17. The van der Waals surface area contributed by atoms with Gasteiger partial charge in [-0.2, -0.15) is 5.10 Å². The Morgan fingerprint density at radius 1 is 1.25 bits per heavy atom. The zero-order chi connectivity index (χ0) is 15.0. The lowest BCUT2D eigenvalue weighted by Crippen LogP contribution is -2.15. The number of nitrogens with one attached hydrogen (secondary N) is 1. The number of ether oxygens (including phenoxy) is 2. The van der Waals surface area contributed by atoms with E-state index < -0.39 is 5.97 Å². The number of aromatic nitrogens is 2. The maximum absolute atomic E-state index is 11.3. The highest BCUT2D eigenvalue weighted by Crippen LogP contribution is 2.18. The number of aryl methyl sites for hydroxylation is 1. The zero-order valence-electron chi connectivity index (χ0n) is 12.1. The smallest absolute Gasteiger partial charge is 0.339 e. The van der Waals surface area contributed by atoms with Crippen molar-refractivity contribution in [1.29, 1.82) is 0 Å². The van der Waals surface area contributed by atoms with E-state index in [0.717, 1.165) is 6.42 Å². The summed E-state index contributed by atoms with van der Waals surface area (Å²) in [6, 6.07) is 0. The summed E-state index contributed by atoms with van der Waals surface area (Å²) in [6.07, 6.45) is 0.747. The third kappa shape index (κ3) is 4.75. The Morgan fingerprint density at radius 2 is 2.00 bits per heavy atom. The second kappa shape index (κ2) is 8.44. The van der Waals surface area contributed by atoms with Crippen molar-refractivity contribution in [3.63, 3.8) is 0 Å². The van der Waals surface area contributed by atoms with Crippen LogP contribution in [0.2, 0.25) is 0 Å². The van der Waals surface area contributed by atoms with Crippen molar-refractivity contribution < 1.29 is 19.4 Å². The van der Waals surface area contributed by atoms with Crippen LogP contribution in [0.3, 0.4) is 0 Å². The molecular weight excluding hydrogens is 262 g/mol. The first-order valence-electron chi connectivity index (χ1n) is 6.45. The lowest BCUT2D eigenvalue weighted by molar-refractivity contribution is 0.0695. The molecule has 7 nitrogen and oxygen atoms in total. The molecule has 0 radical (unpaired) electrons. The van der Waals surface area contributed by atoms with Crippen LogP contribution < -0.4 is 5.32 Å². The molecule has 0 aliphatic heterocycles. The molecule has 0 saturated carbocycles. The topological polar surface area (TPSA) is 93.6 Å². The molecule has 1 aromatic heterocycles. The van der Waals surface area contributed by atoms with Crippen molar-refractivity contribution in [2.45, 2.75) is 20.3 Å². The Kier molecular flexibility index (Phi) is 6.89. The molecule has 0 aromatic carbocycles. The van der Waals surface area contributed by atoms with Crippen LogP contribution in [0.5, 0.6) is 0 Å². The van der Waals surface area contributed by atoms with Gasteiger partial charge in [0.15, 0.2) is 5.82 Å². The molecule has 0 bridgehead atoms. The molecule has 1 aromatic rings. The fourth-order valence-corrected chi connectivity index (χ4v) is 1.62. The van der Waals surface area contributed by atoms with Gasteiger partial charge >= 0.3 is 5.97 Å². The van der Waals surface area contributed by atoms with E-state index in [2.05, 4.69) is 15.5 Å². The Hall–Kier alpha value is -1.73. The van der Waals surface area contributed by atoms with Crippen molar-refractivity contribution in [2.75, 3.05) is 38.8 Å². The van der Waals surface area contributed by atoms with Gasteiger partial charge in [0.05, 0.1) is 18.9 Å². The molecule has 0 saturated heterocycles. The van der Waals surface area contributed by atoms with E-state index in [0.29, 0.717) is 43.4 Å². The number of carbonyl (C=O) groups is 1. The Labute approximate surface area is 118 Å². The van der Waals surface area contributed by atoms with E-state index in [4.69, 9.17) is 9.47 Å². The standard InChI is InChI=1S/C13H21N3O4/c1-9-10(2)15-16-12(11(9)13(17)18)14-5-4-6-20-8-7-19-3/h4-8H2,1-3H3,(H,14,16)(H,17,18).